The van der Waals surface area contributed by atoms with Crippen LogP contribution in [-0.2, 0) is 16.6 Å². The Morgan fingerprint density at radius 3 is 2.50 bits per heavy atom. The third-order valence-corrected chi connectivity index (χ3v) is 6.76. The first-order chi connectivity index (χ1) is 12.2. The Balaban J connectivity index is 1.95. The Morgan fingerprint density at radius 2 is 1.92 bits per heavy atom. The van der Waals surface area contributed by atoms with Crippen LogP contribution in [0.1, 0.15) is 26.8 Å². The summed E-state index contributed by atoms with van der Waals surface area (Å²) in [6.07, 6.45) is 0.684. The summed E-state index contributed by atoms with van der Waals surface area (Å²) in [5, 5.41) is 5.50. The predicted molar refractivity (Wildman–Crippen MR) is 102 cm³/mol. The molecule has 2 aromatic heterocycles. The lowest BCUT2D eigenvalue weighted by atomic mass is 10.1. The van der Waals surface area contributed by atoms with Gasteiger partial charge in [0.2, 0.25) is 10.0 Å². The van der Waals surface area contributed by atoms with Crippen molar-refractivity contribution in [3.63, 3.8) is 0 Å². The van der Waals surface area contributed by atoms with Crippen molar-refractivity contribution in [2.45, 2.75) is 24.6 Å². The van der Waals surface area contributed by atoms with Crippen LogP contribution >= 0.6 is 22.9 Å². The number of aromatic nitrogens is 2. The van der Waals surface area contributed by atoms with Crippen LogP contribution in [-0.4, -0.2) is 24.3 Å². The molecule has 136 valence electrons. The van der Waals surface area contributed by atoms with Crippen LogP contribution in [0.2, 0.25) is 5.15 Å². The third-order valence-electron chi connectivity index (χ3n) is 3.95. The van der Waals surface area contributed by atoms with Crippen LogP contribution in [0.4, 0.5) is 0 Å². The van der Waals surface area contributed by atoms with Crippen LogP contribution in [0.3, 0.4) is 0 Å². The standard InChI is InChI=1S/C17H16ClN3O3S2/c1-10-7-14(17(25-10)26(19,23)24)13-5-3-12(4-6-13)8-21-11(2)20-16(18)15(21)9-22/h3-7,9H,8H2,1-2H3,(H2,19,23,24). The molecule has 2 N–H and O–H groups in total. The fourth-order valence-corrected chi connectivity index (χ4v) is 5.10. The summed E-state index contributed by atoms with van der Waals surface area (Å²) < 4.78 is 25.5. The molecule has 0 aliphatic carbocycles. The zero-order chi connectivity index (χ0) is 19.1. The number of carbonyl (C=O) groups excluding carboxylic acids is 1. The zero-order valence-electron chi connectivity index (χ0n) is 14.1. The highest BCUT2D eigenvalue weighted by Gasteiger charge is 2.19. The normalized spacial score (nSPS) is 11.7. The molecule has 1 aromatic carbocycles. The van der Waals surface area contributed by atoms with Crippen LogP contribution in [0.25, 0.3) is 11.1 Å². The number of carbonyl (C=O) groups is 1. The maximum Gasteiger partial charge on any atom is 0.248 e. The largest absolute Gasteiger partial charge is 0.320 e. The smallest absolute Gasteiger partial charge is 0.248 e. The number of aryl methyl sites for hydroxylation is 2. The van der Waals surface area contributed by atoms with E-state index in [-0.39, 0.29) is 9.36 Å². The molecule has 26 heavy (non-hydrogen) atoms. The van der Waals surface area contributed by atoms with Crippen molar-refractivity contribution in [1.29, 1.82) is 0 Å². The van der Waals surface area contributed by atoms with E-state index in [1.807, 2.05) is 37.3 Å². The van der Waals surface area contributed by atoms with Gasteiger partial charge in [-0.15, -0.1) is 11.3 Å². The molecule has 0 amide bonds. The number of hydrogen-bond acceptors (Lipinski definition) is 5. The van der Waals surface area contributed by atoms with Crippen LogP contribution in [0, 0.1) is 13.8 Å². The molecule has 0 radical (unpaired) electrons. The van der Waals surface area contributed by atoms with Crippen LogP contribution in [0.15, 0.2) is 34.5 Å². The molecule has 0 aliphatic rings. The average Bonchev–Trinajstić information content (AvgIpc) is 3.08. The van der Waals surface area contributed by atoms with E-state index in [9.17, 15) is 13.2 Å². The summed E-state index contributed by atoms with van der Waals surface area (Å²) in [5.74, 6) is 0.645. The molecule has 3 rings (SSSR count). The summed E-state index contributed by atoms with van der Waals surface area (Å²) in [4.78, 5) is 16.2. The average molecular weight is 410 g/mol. The molecule has 0 saturated carbocycles. The number of aldehydes is 1. The lowest BCUT2D eigenvalue weighted by Gasteiger charge is -2.09. The van der Waals surface area contributed by atoms with Gasteiger partial charge in [0, 0.05) is 17.0 Å². The summed E-state index contributed by atoms with van der Waals surface area (Å²) in [6.45, 7) is 4.05. The van der Waals surface area contributed by atoms with E-state index < -0.39 is 10.0 Å². The third kappa shape index (κ3) is 3.59. The highest BCUT2D eigenvalue weighted by molar-refractivity contribution is 7.91. The van der Waals surface area contributed by atoms with Gasteiger partial charge in [-0.3, -0.25) is 4.79 Å². The van der Waals surface area contributed by atoms with E-state index in [0.29, 0.717) is 29.9 Å². The van der Waals surface area contributed by atoms with E-state index in [0.717, 1.165) is 27.3 Å². The molecule has 0 spiro atoms. The Kier molecular flexibility index (Phi) is 5.03. The van der Waals surface area contributed by atoms with Crippen molar-refractivity contribution in [1.82, 2.24) is 9.55 Å². The van der Waals surface area contributed by atoms with Gasteiger partial charge in [0.05, 0.1) is 0 Å². The monoisotopic (exact) mass is 409 g/mol. The SMILES string of the molecule is Cc1cc(-c2ccc(Cn3c(C)nc(Cl)c3C=O)cc2)c(S(N)(=O)=O)s1. The Labute approximate surface area is 160 Å². The number of nitrogens with zero attached hydrogens (tertiary/aromatic N) is 2. The first-order valence-electron chi connectivity index (χ1n) is 7.61. The summed E-state index contributed by atoms with van der Waals surface area (Å²) in [6, 6.07) is 9.22. The van der Waals surface area contributed by atoms with E-state index >= 15 is 0 Å². The van der Waals surface area contributed by atoms with Crippen molar-refractivity contribution in [2.75, 3.05) is 0 Å². The van der Waals surface area contributed by atoms with Gasteiger partial charge >= 0.3 is 0 Å². The molecule has 0 unspecified atom stereocenters. The number of hydrogen-bond donors (Lipinski definition) is 1. The number of rotatable bonds is 5. The summed E-state index contributed by atoms with van der Waals surface area (Å²) >= 11 is 7.11. The second-order valence-electron chi connectivity index (χ2n) is 5.84. The van der Waals surface area contributed by atoms with Crippen LogP contribution in [0.5, 0.6) is 0 Å². The number of primary sulfonamides is 1. The van der Waals surface area contributed by atoms with Gasteiger partial charge in [0.15, 0.2) is 11.4 Å². The van der Waals surface area contributed by atoms with Gasteiger partial charge in [0.1, 0.15) is 15.7 Å². The zero-order valence-corrected chi connectivity index (χ0v) is 16.5. The van der Waals surface area contributed by atoms with E-state index in [2.05, 4.69) is 4.98 Å². The Bertz CT molecular complexity index is 1080. The fourth-order valence-electron chi connectivity index (χ4n) is 2.73. The molecule has 6 nitrogen and oxygen atoms in total. The minimum atomic E-state index is -3.78. The summed E-state index contributed by atoms with van der Waals surface area (Å²) in [5.41, 5.74) is 2.62. The highest BCUT2D eigenvalue weighted by atomic mass is 35.5. The second kappa shape index (κ2) is 6.96. The lowest BCUT2D eigenvalue weighted by molar-refractivity contribution is 0.111. The van der Waals surface area contributed by atoms with Gasteiger partial charge in [-0.05, 0) is 31.0 Å². The minimum absolute atomic E-state index is 0.156. The van der Waals surface area contributed by atoms with Gasteiger partial charge in [0.25, 0.3) is 0 Å². The van der Waals surface area contributed by atoms with Crippen molar-refractivity contribution >= 4 is 39.2 Å². The Hall–Kier alpha value is -2.00. The lowest BCUT2D eigenvalue weighted by Crippen LogP contribution is -2.11. The quantitative estimate of drug-likeness (QED) is 0.653. The number of sulfonamides is 1. The highest BCUT2D eigenvalue weighted by Crippen LogP contribution is 2.34. The van der Waals surface area contributed by atoms with Crippen molar-refractivity contribution < 1.29 is 13.2 Å². The summed E-state index contributed by atoms with van der Waals surface area (Å²) in [7, 11) is -3.78. The molecule has 0 atom stereocenters. The first kappa shape index (κ1) is 18.8. The predicted octanol–water partition coefficient (Wildman–Crippen LogP) is 3.39. The maximum absolute atomic E-state index is 11.8. The molecule has 0 saturated heterocycles. The number of halogens is 1. The van der Waals surface area contributed by atoms with E-state index in [1.54, 1.807) is 11.5 Å². The maximum atomic E-state index is 11.8. The molecule has 2 heterocycles. The van der Waals surface area contributed by atoms with Crippen LogP contribution < -0.4 is 5.14 Å². The minimum Gasteiger partial charge on any atom is -0.320 e. The van der Waals surface area contributed by atoms with Crippen molar-refractivity contribution in [3.8, 4) is 11.1 Å². The molecule has 0 bridgehead atoms. The molecule has 0 fully saturated rings. The molecular formula is C17H16ClN3O3S2. The van der Waals surface area contributed by atoms with Gasteiger partial charge in [-0.1, -0.05) is 35.9 Å². The number of benzene rings is 1. The topological polar surface area (TPSA) is 95.0 Å². The first-order valence-corrected chi connectivity index (χ1v) is 10.3. The van der Waals surface area contributed by atoms with E-state index in [4.69, 9.17) is 16.7 Å². The van der Waals surface area contributed by atoms with Gasteiger partial charge in [-0.25, -0.2) is 18.5 Å². The van der Waals surface area contributed by atoms with Gasteiger partial charge < -0.3 is 4.57 Å². The number of nitrogens with two attached hydrogens (primary N) is 1. The fraction of sp³-hybridized carbons (Fsp3) is 0.176. The van der Waals surface area contributed by atoms with Gasteiger partial charge in [-0.2, -0.15) is 0 Å². The Morgan fingerprint density at radius 1 is 1.27 bits per heavy atom. The molecule has 9 heteroatoms. The van der Waals surface area contributed by atoms with E-state index in [1.165, 1.54) is 0 Å². The van der Waals surface area contributed by atoms with Crippen molar-refractivity contribution in [3.05, 3.63) is 57.4 Å². The van der Waals surface area contributed by atoms with Crippen molar-refractivity contribution in [2.24, 2.45) is 5.14 Å². The molecular weight excluding hydrogens is 394 g/mol. The molecule has 0 aliphatic heterocycles. The number of imidazole rings is 1. The molecule has 3 aromatic rings. The number of thiophene rings is 1. The second-order valence-corrected chi connectivity index (χ2v) is 9.21.